The SMILES string of the molecule is C=C(C)C(C)Oc1ccc(O)cc1. The summed E-state index contributed by atoms with van der Waals surface area (Å²) < 4.78 is 5.52. The lowest BCUT2D eigenvalue weighted by molar-refractivity contribution is 0.257. The van der Waals surface area contributed by atoms with Crippen LogP contribution >= 0.6 is 0 Å². The fourth-order valence-electron chi connectivity index (χ4n) is 0.829. The summed E-state index contributed by atoms with van der Waals surface area (Å²) in [5.41, 5.74) is 0.980. The van der Waals surface area contributed by atoms with Gasteiger partial charge in [-0.1, -0.05) is 6.58 Å². The van der Waals surface area contributed by atoms with Crippen LogP contribution < -0.4 is 4.74 Å². The smallest absolute Gasteiger partial charge is 0.120 e. The van der Waals surface area contributed by atoms with E-state index in [-0.39, 0.29) is 11.9 Å². The topological polar surface area (TPSA) is 29.5 Å². The largest absolute Gasteiger partial charge is 0.508 e. The fourth-order valence-corrected chi connectivity index (χ4v) is 0.829. The number of hydrogen-bond donors (Lipinski definition) is 1. The molecule has 0 saturated heterocycles. The highest BCUT2D eigenvalue weighted by Crippen LogP contribution is 2.18. The molecule has 0 saturated carbocycles. The minimum atomic E-state index is 0.00421. The number of rotatable bonds is 3. The average Bonchev–Trinajstić information content (AvgIpc) is 2.08. The van der Waals surface area contributed by atoms with Crippen LogP contribution in [0, 0.1) is 0 Å². The first-order chi connectivity index (χ1) is 6.09. The van der Waals surface area contributed by atoms with Crippen LogP contribution in [0.2, 0.25) is 0 Å². The van der Waals surface area contributed by atoms with Crippen molar-refractivity contribution in [3.63, 3.8) is 0 Å². The van der Waals surface area contributed by atoms with Gasteiger partial charge in [0.1, 0.15) is 17.6 Å². The van der Waals surface area contributed by atoms with Gasteiger partial charge in [0.05, 0.1) is 0 Å². The average molecular weight is 178 g/mol. The lowest BCUT2D eigenvalue weighted by atomic mass is 10.2. The second-order valence-corrected chi connectivity index (χ2v) is 3.10. The van der Waals surface area contributed by atoms with E-state index in [1.807, 2.05) is 13.8 Å². The zero-order valence-electron chi connectivity index (χ0n) is 7.95. The maximum atomic E-state index is 9.03. The Hall–Kier alpha value is -1.44. The Kier molecular flexibility index (Phi) is 2.96. The summed E-state index contributed by atoms with van der Waals surface area (Å²) in [6.07, 6.45) is 0.00421. The predicted molar refractivity (Wildman–Crippen MR) is 53.0 cm³/mol. The molecule has 0 fully saturated rings. The van der Waals surface area contributed by atoms with E-state index in [9.17, 15) is 0 Å². The highest BCUT2D eigenvalue weighted by Gasteiger charge is 2.03. The van der Waals surface area contributed by atoms with Crippen molar-refractivity contribution in [1.82, 2.24) is 0 Å². The Morgan fingerprint density at radius 1 is 1.38 bits per heavy atom. The van der Waals surface area contributed by atoms with Gasteiger partial charge < -0.3 is 9.84 Å². The van der Waals surface area contributed by atoms with Crippen molar-refractivity contribution >= 4 is 0 Å². The molecular weight excluding hydrogens is 164 g/mol. The van der Waals surface area contributed by atoms with Gasteiger partial charge in [0, 0.05) is 0 Å². The van der Waals surface area contributed by atoms with Gasteiger partial charge in [-0.05, 0) is 43.7 Å². The van der Waals surface area contributed by atoms with Gasteiger partial charge in [-0.3, -0.25) is 0 Å². The van der Waals surface area contributed by atoms with Crippen LogP contribution in [0.15, 0.2) is 36.4 Å². The van der Waals surface area contributed by atoms with E-state index in [0.29, 0.717) is 0 Å². The maximum Gasteiger partial charge on any atom is 0.120 e. The summed E-state index contributed by atoms with van der Waals surface area (Å²) in [6, 6.07) is 6.66. The number of phenols is 1. The molecule has 0 aliphatic heterocycles. The first-order valence-electron chi connectivity index (χ1n) is 4.20. The first kappa shape index (κ1) is 9.65. The van der Waals surface area contributed by atoms with E-state index < -0.39 is 0 Å². The quantitative estimate of drug-likeness (QED) is 0.721. The molecule has 1 rings (SSSR count). The Labute approximate surface area is 78.5 Å². The third kappa shape index (κ3) is 2.82. The molecule has 0 aliphatic carbocycles. The van der Waals surface area contributed by atoms with Crippen LogP contribution in [0.1, 0.15) is 13.8 Å². The van der Waals surface area contributed by atoms with E-state index in [1.54, 1.807) is 24.3 Å². The van der Waals surface area contributed by atoms with Crippen LogP contribution in [0.3, 0.4) is 0 Å². The molecule has 0 radical (unpaired) electrons. The summed E-state index contributed by atoms with van der Waals surface area (Å²) in [5, 5.41) is 9.03. The number of phenolic OH excluding ortho intramolecular Hbond substituents is 1. The van der Waals surface area contributed by atoms with Gasteiger partial charge in [-0.25, -0.2) is 0 Å². The van der Waals surface area contributed by atoms with Crippen molar-refractivity contribution in [3.8, 4) is 11.5 Å². The minimum absolute atomic E-state index is 0.00421. The van der Waals surface area contributed by atoms with E-state index in [1.165, 1.54) is 0 Å². The lowest BCUT2D eigenvalue weighted by Gasteiger charge is -2.14. The van der Waals surface area contributed by atoms with Crippen LogP contribution in [0.4, 0.5) is 0 Å². The van der Waals surface area contributed by atoms with Crippen molar-refractivity contribution in [2.75, 3.05) is 0 Å². The molecule has 0 bridgehead atoms. The Bertz CT molecular complexity index is 287. The zero-order valence-corrected chi connectivity index (χ0v) is 7.95. The molecule has 1 aromatic rings. The van der Waals surface area contributed by atoms with Crippen molar-refractivity contribution in [2.24, 2.45) is 0 Å². The number of benzene rings is 1. The molecule has 70 valence electrons. The maximum absolute atomic E-state index is 9.03. The lowest BCUT2D eigenvalue weighted by Crippen LogP contribution is -2.11. The fraction of sp³-hybridized carbons (Fsp3) is 0.273. The third-order valence-electron chi connectivity index (χ3n) is 1.84. The van der Waals surface area contributed by atoms with Gasteiger partial charge in [-0.15, -0.1) is 0 Å². The molecule has 1 aromatic carbocycles. The van der Waals surface area contributed by atoms with Gasteiger partial charge >= 0.3 is 0 Å². The van der Waals surface area contributed by atoms with Crippen LogP contribution in [-0.2, 0) is 0 Å². The molecule has 1 unspecified atom stereocenters. The number of aromatic hydroxyl groups is 1. The normalized spacial score (nSPS) is 12.2. The van der Waals surface area contributed by atoms with E-state index >= 15 is 0 Å². The van der Waals surface area contributed by atoms with E-state index in [2.05, 4.69) is 6.58 Å². The third-order valence-corrected chi connectivity index (χ3v) is 1.84. The number of hydrogen-bond acceptors (Lipinski definition) is 2. The summed E-state index contributed by atoms with van der Waals surface area (Å²) in [7, 11) is 0. The van der Waals surface area contributed by atoms with Crippen molar-refractivity contribution < 1.29 is 9.84 Å². The Balaban J connectivity index is 2.64. The highest BCUT2D eigenvalue weighted by atomic mass is 16.5. The molecule has 0 amide bonds. The van der Waals surface area contributed by atoms with E-state index in [4.69, 9.17) is 9.84 Å². The van der Waals surface area contributed by atoms with Crippen molar-refractivity contribution in [2.45, 2.75) is 20.0 Å². The van der Waals surface area contributed by atoms with Crippen molar-refractivity contribution in [3.05, 3.63) is 36.4 Å². The van der Waals surface area contributed by atoms with Gasteiger partial charge in [-0.2, -0.15) is 0 Å². The minimum Gasteiger partial charge on any atom is -0.508 e. The molecular formula is C11H14O2. The van der Waals surface area contributed by atoms with Crippen molar-refractivity contribution in [1.29, 1.82) is 0 Å². The molecule has 2 heteroatoms. The van der Waals surface area contributed by atoms with Crippen LogP contribution in [0.25, 0.3) is 0 Å². The van der Waals surface area contributed by atoms with Gasteiger partial charge in [0.2, 0.25) is 0 Å². The molecule has 2 nitrogen and oxygen atoms in total. The summed E-state index contributed by atoms with van der Waals surface area (Å²) in [4.78, 5) is 0. The number of ether oxygens (including phenoxy) is 1. The summed E-state index contributed by atoms with van der Waals surface area (Å²) in [5.74, 6) is 0.989. The molecule has 1 N–H and O–H groups in total. The first-order valence-corrected chi connectivity index (χ1v) is 4.20. The highest BCUT2D eigenvalue weighted by molar-refractivity contribution is 5.30. The second kappa shape index (κ2) is 3.99. The molecule has 13 heavy (non-hydrogen) atoms. The molecule has 0 aromatic heterocycles. The Morgan fingerprint density at radius 2 is 1.92 bits per heavy atom. The summed E-state index contributed by atoms with van der Waals surface area (Å²) in [6.45, 7) is 7.66. The van der Waals surface area contributed by atoms with E-state index in [0.717, 1.165) is 11.3 Å². The summed E-state index contributed by atoms with van der Waals surface area (Å²) >= 11 is 0. The monoisotopic (exact) mass is 178 g/mol. The molecule has 0 aliphatic rings. The van der Waals surface area contributed by atoms with Gasteiger partial charge in [0.25, 0.3) is 0 Å². The molecule has 1 atom stereocenters. The molecule has 0 heterocycles. The second-order valence-electron chi connectivity index (χ2n) is 3.10. The van der Waals surface area contributed by atoms with Crippen LogP contribution in [0.5, 0.6) is 11.5 Å². The standard InChI is InChI=1S/C11H14O2/c1-8(2)9(3)13-11-6-4-10(12)5-7-11/h4-7,9,12H,1H2,2-3H3. The van der Waals surface area contributed by atoms with Gasteiger partial charge in [0.15, 0.2) is 0 Å². The Morgan fingerprint density at radius 3 is 2.38 bits per heavy atom. The zero-order chi connectivity index (χ0) is 9.84. The van der Waals surface area contributed by atoms with Crippen LogP contribution in [-0.4, -0.2) is 11.2 Å². The molecule has 0 spiro atoms. The predicted octanol–water partition coefficient (Wildman–Crippen LogP) is 2.74.